The van der Waals surface area contributed by atoms with Crippen LogP contribution >= 0.6 is 11.6 Å². The van der Waals surface area contributed by atoms with Gasteiger partial charge in [0.2, 0.25) is 0 Å². The van der Waals surface area contributed by atoms with E-state index < -0.39 is 16.0 Å². The zero-order chi connectivity index (χ0) is 17.3. The Balaban J connectivity index is 1.92. The lowest BCUT2D eigenvalue weighted by molar-refractivity contribution is 0.0697. The highest BCUT2D eigenvalue weighted by atomic mass is 35.5. The highest BCUT2D eigenvalue weighted by molar-refractivity contribution is 7.92. The van der Waals surface area contributed by atoms with Crippen molar-refractivity contribution in [3.8, 4) is 11.5 Å². The van der Waals surface area contributed by atoms with Crippen LogP contribution in [0.1, 0.15) is 10.4 Å². The standard InChI is InChI=1S/C15H12ClNO6S/c16-12-3-1-9(7-11(12)15(18)19)17-24(20,21)10-2-4-13-14(8-10)23-6-5-22-13/h1-4,7-8,17H,5-6H2,(H,18,19). The van der Waals surface area contributed by atoms with Gasteiger partial charge in [0.1, 0.15) is 13.2 Å². The topological polar surface area (TPSA) is 102 Å². The number of carboxylic acid groups (broad SMARTS) is 1. The van der Waals surface area contributed by atoms with Crippen LogP contribution in [0.3, 0.4) is 0 Å². The minimum atomic E-state index is -3.92. The van der Waals surface area contributed by atoms with E-state index in [0.29, 0.717) is 24.7 Å². The molecule has 0 bridgehead atoms. The van der Waals surface area contributed by atoms with Crippen molar-refractivity contribution in [1.29, 1.82) is 0 Å². The van der Waals surface area contributed by atoms with E-state index in [1.54, 1.807) is 0 Å². The molecule has 0 saturated carbocycles. The highest BCUT2D eigenvalue weighted by Crippen LogP contribution is 2.33. The highest BCUT2D eigenvalue weighted by Gasteiger charge is 2.20. The average molecular weight is 370 g/mol. The van der Waals surface area contributed by atoms with Gasteiger partial charge in [-0.2, -0.15) is 0 Å². The van der Waals surface area contributed by atoms with Gasteiger partial charge in [0.25, 0.3) is 10.0 Å². The predicted molar refractivity (Wildman–Crippen MR) is 86.7 cm³/mol. The molecule has 3 rings (SSSR count). The van der Waals surface area contributed by atoms with Crippen molar-refractivity contribution in [2.24, 2.45) is 0 Å². The molecule has 0 radical (unpaired) electrons. The molecule has 2 N–H and O–H groups in total. The molecule has 0 atom stereocenters. The third-order valence-corrected chi connectivity index (χ3v) is 4.98. The Morgan fingerprint density at radius 3 is 2.50 bits per heavy atom. The van der Waals surface area contributed by atoms with Crippen LogP contribution in [0, 0.1) is 0 Å². The number of benzene rings is 2. The van der Waals surface area contributed by atoms with Gasteiger partial charge >= 0.3 is 5.97 Å². The summed E-state index contributed by atoms with van der Waals surface area (Å²) >= 11 is 5.77. The van der Waals surface area contributed by atoms with Gasteiger partial charge in [0.05, 0.1) is 15.5 Å². The van der Waals surface area contributed by atoms with Crippen molar-refractivity contribution in [2.75, 3.05) is 17.9 Å². The number of anilines is 1. The van der Waals surface area contributed by atoms with Crippen LogP contribution in [-0.2, 0) is 10.0 Å². The number of fused-ring (bicyclic) bond motifs is 1. The smallest absolute Gasteiger partial charge is 0.337 e. The van der Waals surface area contributed by atoms with E-state index in [-0.39, 0.29) is 21.2 Å². The van der Waals surface area contributed by atoms with E-state index in [1.165, 1.54) is 30.3 Å². The van der Waals surface area contributed by atoms with E-state index >= 15 is 0 Å². The van der Waals surface area contributed by atoms with Crippen LogP contribution in [0.4, 0.5) is 5.69 Å². The van der Waals surface area contributed by atoms with Crippen LogP contribution in [0.5, 0.6) is 11.5 Å². The Kier molecular flexibility index (Phi) is 4.25. The fourth-order valence-electron chi connectivity index (χ4n) is 2.16. The molecule has 0 amide bonds. The van der Waals surface area contributed by atoms with Crippen LogP contribution < -0.4 is 14.2 Å². The summed E-state index contributed by atoms with van der Waals surface area (Å²) in [6, 6.07) is 8.08. The number of carboxylic acids is 1. The summed E-state index contributed by atoms with van der Waals surface area (Å²) in [5, 5.41) is 9.06. The maximum absolute atomic E-state index is 12.5. The molecule has 1 aliphatic rings. The third-order valence-electron chi connectivity index (χ3n) is 3.27. The van der Waals surface area contributed by atoms with E-state index in [0.717, 1.165) is 6.07 Å². The molecule has 9 heteroatoms. The van der Waals surface area contributed by atoms with Gasteiger partial charge < -0.3 is 14.6 Å². The number of halogens is 1. The molecule has 2 aromatic rings. The Labute approximate surface area is 142 Å². The molecular formula is C15H12ClNO6S. The van der Waals surface area contributed by atoms with E-state index in [9.17, 15) is 13.2 Å². The minimum Gasteiger partial charge on any atom is -0.486 e. The van der Waals surface area contributed by atoms with Crippen LogP contribution in [0.15, 0.2) is 41.3 Å². The Morgan fingerprint density at radius 2 is 1.79 bits per heavy atom. The number of nitrogens with one attached hydrogen (secondary N) is 1. The zero-order valence-electron chi connectivity index (χ0n) is 12.2. The normalized spacial score (nSPS) is 13.4. The van der Waals surface area contributed by atoms with Crippen LogP contribution in [0.2, 0.25) is 5.02 Å². The Morgan fingerprint density at radius 1 is 1.08 bits per heavy atom. The number of carbonyl (C=O) groups is 1. The van der Waals surface area contributed by atoms with Gasteiger partial charge in [-0.05, 0) is 30.3 Å². The van der Waals surface area contributed by atoms with E-state index in [4.69, 9.17) is 26.2 Å². The maximum Gasteiger partial charge on any atom is 0.337 e. The lowest BCUT2D eigenvalue weighted by atomic mass is 10.2. The molecule has 7 nitrogen and oxygen atoms in total. The number of aromatic carboxylic acids is 1. The molecule has 0 fully saturated rings. The molecule has 0 spiro atoms. The Bertz CT molecular complexity index is 912. The first-order valence-electron chi connectivity index (χ1n) is 6.82. The van der Waals surface area contributed by atoms with Gasteiger partial charge in [-0.1, -0.05) is 11.6 Å². The summed E-state index contributed by atoms with van der Waals surface area (Å²) in [5.41, 5.74) is -0.106. The molecule has 24 heavy (non-hydrogen) atoms. The van der Waals surface area contributed by atoms with Crippen molar-refractivity contribution < 1.29 is 27.8 Å². The quantitative estimate of drug-likeness (QED) is 0.858. The summed E-state index contributed by atoms with van der Waals surface area (Å²) < 4.78 is 38.0. The molecule has 0 unspecified atom stereocenters. The first-order chi connectivity index (χ1) is 11.4. The number of hydrogen-bond donors (Lipinski definition) is 2. The first-order valence-corrected chi connectivity index (χ1v) is 8.68. The van der Waals surface area contributed by atoms with Gasteiger partial charge in [0, 0.05) is 11.8 Å². The lowest BCUT2D eigenvalue weighted by Gasteiger charge is -2.19. The van der Waals surface area contributed by atoms with Gasteiger partial charge in [-0.25, -0.2) is 13.2 Å². The molecule has 1 heterocycles. The van der Waals surface area contributed by atoms with Crippen molar-refractivity contribution in [3.63, 3.8) is 0 Å². The summed E-state index contributed by atoms with van der Waals surface area (Å²) in [6.45, 7) is 0.739. The van der Waals surface area contributed by atoms with Gasteiger partial charge in [-0.15, -0.1) is 0 Å². The molecule has 2 aromatic carbocycles. The fourth-order valence-corrected chi connectivity index (χ4v) is 3.42. The monoisotopic (exact) mass is 369 g/mol. The maximum atomic E-state index is 12.5. The third kappa shape index (κ3) is 3.24. The second kappa shape index (κ2) is 6.21. The summed E-state index contributed by atoms with van der Waals surface area (Å²) in [4.78, 5) is 11.0. The van der Waals surface area contributed by atoms with Crippen molar-refractivity contribution in [2.45, 2.75) is 4.90 Å². The fraction of sp³-hybridized carbons (Fsp3) is 0.133. The van der Waals surface area contributed by atoms with Gasteiger partial charge in [-0.3, -0.25) is 4.72 Å². The number of hydrogen-bond acceptors (Lipinski definition) is 5. The number of sulfonamides is 1. The molecule has 0 aliphatic carbocycles. The van der Waals surface area contributed by atoms with Gasteiger partial charge in [0.15, 0.2) is 11.5 Å². The van der Waals surface area contributed by atoms with Crippen LogP contribution in [0.25, 0.3) is 0 Å². The molecule has 0 aromatic heterocycles. The molecule has 1 aliphatic heterocycles. The second-order valence-corrected chi connectivity index (χ2v) is 7.00. The minimum absolute atomic E-state index is 0.0183. The SMILES string of the molecule is O=C(O)c1cc(NS(=O)(=O)c2ccc3c(c2)OCCO3)ccc1Cl. The summed E-state index contributed by atoms with van der Waals surface area (Å²) in [5.74, 6) is -0.438. The molecule has 126 valence electrons. The van der Waals surface area contributed by atoms with Crippen molar-refractivity contribution >= 4 is 33.3 Å². The molecule has 0 saturated heterocycles. The molecular weight excluding hydrogens is 358 g/mol. The van der Waals surface area contributed by atoms with Crippen molar-refractivity contribution in [3.05, 3.63) is 47.0 Å². The van der Waals surface area contributed by atoms with Crippen molar-refractivity contribution in [1.82, 2.24) is 0 Å². The zero-order valence-corrected chi connectivity index (χ0v) is 13.7. The van der Waals surface area contributed by atoms with E-state index in [2.05, 4.69) is 4.72 Å². The average Bonchev–Trinajstić information content (AvgIpc) is 2.55. The largest absolute Gasteiger partial charge is 0.486 e. The lowest BCUT2D eigenvalue weighted by Crippen LogP contribution is -2.17. The Hall–Kier alpha value is -2.45. The number of ether oxygens (including phenoxy) is 2. The van der Waals surface area contributed by atoms with E-state index in [1.807, 2.05) is 0 Å². The number of rotatable bonds is 4. The second-order valence-electron chi connectivity index (χ2n) is 4.91. The first kappa shape index (κ1) is 16.4. The van der Waals surface area contributed by atoms with Crippen LogP contribution in [-0.4, -0.2) is 32.7 Å². The summed E-state index contributed by atoms with van der Waals surface area (Å²) in [7, 11) is -3.92. The summed E-state index contributed by atoms with van der Waals surface area (Å²) in [6.07, 6.45) is 0. The predicted octanol–water partition coefficient (Wildman–Crippen LogP) is 2.61.